The van der Waals surface area contributed by atoms with Crippen LogP contribution in [-0.4, -0.2) is 18.1 Å². The van der Waals surface area contributed by atoms with Crippen LogP contribution in [0.15, 0.2) is 12.1 Å². The van der Waals surface area contributed by atoms with Crippen molar-refractivity contribution in [3.05, 3.63) is 27.7 Å². The summed E-state index contributed by atoms with van der Waals surface area (Å²) >= 11 is 13.9. The molecule has 0 fully saturated rings. The lowest BCUT2D eigenvalue weighted by atomic mass is 10.2. The second-order valence-corrected chi connectivity index (χ2v) is 5.72. The van der Waals surface area contributed by atoms with Gasteiger partial charge in [0.15, 0.2) is 0 Å². The first-order chi connectivity index (χ1) is 8.19. The molecule has 0 radical (unpaired) electrons. The average Bonchev–Trinajstić information content (AvgIpc) is 2.30. The third kappa shape index (κ3) is 4.96. The van der Waals surface area contributed by atoms with E-state index in [1.165, 1.54) is 0 Å². The fraction of sp³-hybridized carbons (Fsp3) is 0.500. The number of halogens is 2. The van der Waals surface area contributed by atoms with Crippen molar-refractivity contribution < 1.29 is 4.74 Å². The molecule has 17 heavy (non-hydrogen) atoms. The predicted molar refractivity (Wildman–Crippen MR) is 77.5 cm³/mol. The minimum atomic E-state index is 0.374. The van der Waals surface area contributed by atoms with Crippen LogP contribution in [-0.2, 0) is 6.54 Å². The van der Waals surface area contributed by atoms with Crippen LogP contribution in [0.2, 0.25) is 10.0 Å². The Morgan fingerprint density at radius 2 is 2.12 bits per heavy atom. The van der Waals surface area contributed by atoms with Crippen LogP contribution in [0.1, 0.15) is 18.9 Å². The van der Waals surface area contributed by atoms with Crippen LogP contribution in [0.5, 0.6) is 5.75 Å². The molecule has 2 N–H and O–H groups in total. The zero-order chi connectivity index (χ0) is 12.7. The quantitative estimate of drug-likeness (QED) is 0.773. The fourth-order valence-electron chi connectivity index (χ4n) is 1.41. The minimum absolute atomic E-state index is 0.374. The van der Waals surface area contributed by atoms with Crippen molar-refractivity contribution in [2.45, 2.75) is 19.9 Å². The second-order valence-electron chi connectivity index (χ2n) is 3.48. The maximum Gasteiger partial charge on any atom is 0.142 e. The summed E-state index contributed by atoms with van der Waals surface area (Å²) in [6.07, 6.45) is 1.00. The van der Waals surface area contributed by atoms with E-state index in [4.69, 9.17) is 33.7 Å². The van der Waals surface area contributed by atoms with Gasteiger partial charge in [0.25, 0.3) is 0 Å². The van der Waals surface area contributed by atoms with Gasteiger partial charge < -0.3 is 10.5 Å². The van der Waals surface area contributed by atoms with Crippen LogP contribution in [0.3, 0.4) is 0 Å². The molecular formula is C12H17Cl2NOS. The van der Waals surface area contributed by atoms with Gasteiger partial charge in [-0.25, -0.2) is 0 Å². The average molecular weight is 294 g/mol. The predicted octanol–water partition coefficient (Wildman–Crippen LogP) is 3.97. The van der Waals surface area contributed by atoms with E-state index in [2.05, 4.69) is 6.92 Å². The Bertz CT molecular complexity index is 361. The fourth-order valence-corrected chi connectivity index (χ4v) is 2.61. The summed E-state index contributed by atoms with van der Waals surface area (Å²) in [7, 11) is 0. The highest BCUT2D eigenvalue weighted by atomic mass is 35.5. The monoisotopic (exact) mass is 293 g/mol. The van der Waals surface area contributed by atoms with Crippen molar-refractivity contribution in [1.82, 2.24) is 0 Å². The van der Waals surface area contributed by atoms with Crippen LogP contribution < -0.4 is 10.5 Å². The highest BCUT2D eigenvalue weighted by Crippen LogP contribution is 2.32. The number of hydrogen-bond donors (Lipinski definition) is 1. The Labute approximate surface area is 117 Å². The van der Waals surface area contributed by atoms with E-state index >= 15 is 0 Å². The van der Waals surface area contributed by atoms with Crippen molar-refractivity contribution in [2.75, 3.05) is 18.1 Å². The maximum atomic E-state index is 6.08. The van der Waals surface area contributed by atoms with Crippen molar-refractivity contribution in [3.63, 3.8) is 0 Å². The minimum Gasteiger partial charge on any atom is -0.492 e. The number of hydrogen-bond acceptors (Lipinski definition) is 3. The molecule has 1 aromatic rings. The van der Waals surface area contributed by atoms with Crippen LogP contribution >= 0.6 is 35.0 Å². The number of thioether (sulfide) groups is 1. The molecule has 0 aromatic heterocycles. The molecule has 1 aromatic carbocycles. The number of benzene rings is 1. The van der Waals surface area contributed by atoms with Gasteiger partial charge in [-0.2, -0.15) is 11.8 Å². The first-order valence-corrected chi connectivity index (χ1v) is 7.48. The summed E-state index contributed by atoms with van der Waals surface area (Å²) in [4.78, 5) is 0. The lowest BCUT2D eigenvalue weighted by Crippen LogP contribution is -2.05. The normalized spacial score (nSPS) is 10.6. The topological polar surface area (TPSA) is 35.2 Å². The molecular weight excluding hydrogens is 277 g/mol. The summed E-state index contributed by atoms with van der Waals surface area (Å²) in [5.41, 5.74) is 6.49. The largest absolute Gasteiger partial charge is 0.492 e. The summed E-state index contributed by atoms with van der Waals surface area (Å²) in [5, 5.41) is 1.12. The van der Waals surface area contributed by atoms with Gasteiger partial charge in [-0.1, -0.05) is 30.1 Å². The van der Waals surface area contributed by atoms with Gasteiger partial charge in [0.2, 0.25) is 0 Å². The molecule has 0 bridgehead atoms. The third-order valence-electron chi connectivity index (χ3n) is 2.19. The molecule has 0 saturated carbocycles. The van der Waals surface area contributed by atoms with E-state index in [9.17, 15) is 0 Å². The van der Waals surface area contributed by atoms with E-state index < -0.39 is 0 Å². The van der Waals surface area contributed by atoms with Crippen LogP contribution in [0, 0.1) is 0 Å². The summed E-state index contributed by atoms with van der Waals surface area (Å²) in [6, 6.07) is 3.47. The van der Waals surface area contributed by atoms with Gasteiger partial charge in [0, 0.05) is 17.1 Å². The number of nitrogens with two attached hydrogens (primary N) is 1. The molecule has 0 atom stereocenters. The van der Waals surface area contributed by atoms with Crippen molar-refractivity contribution in [3.8, 4) is 5.75 Å². The highest BCUT2D eigenvalue weighted by Gasteiger charge is 2.09. The lowest BCUT2D eigenvalue weighted by molar-refractivity contribution is 0.315. The SMILES string of the molecule is CCSCCCOc1c(Cl)cc(Cl)cc1CN. The third-order valence-corrected chi connectivity index (χ3v) is 3.67. The smallest absolute Gasteiger partial charge is 0.142 e. The zero-order valence-electron chi connectivity index (χ0n) is 9.84. The van der Waals surface area contributed by atoms with Crippen LogP contribution in [0.4, 0.5) is 0 Å². The van der Waals surface area contributed by atoms with Crippen molar-refractivity contribution in [1.29, 1.82) is 0 Å². The first kappa shape index (κ1) is 15.0. The van der Waals surface area contributed by atoms with Gasteiger partial charge in [0.1, 0.15) is 5.75 Å². The maximum absolute atomic E-state index is 6.08. The molecule has 0 heterocycles. The second kappa shape index (κ2) is 8.09. The molecule has 0 unspecified atom stereocenters. The molecule has 2 nitrogen and oxygen atoms in total. The van der Waals surface area contributed by atoms with E-state index in [-0.39, 0.29) is 0 Å². The molecule has 0 aliphatic rings. The molecule has 0 spiro atoms. The highest BCUT2D eigenvalue weighted by molar-refractivity contribution is 7.99. The van der Waals surface area contributed by atoms with E-state index in [0.29, 0.717) is 28.9 Å². The lowest BCUT2D eigenvalue weighted by Gasteiger charge is -2.12. The molecule has 96 valence electrons. The van der Waals surface area contributed by atoms with Gasteiger partial charge in [0.05, 0.1) is 11.6 Å². The molecule has 0 aliphatic carbocycles. The molecule has 0 amide bonds. The number of rotatable bonds is 7. The molecule has 5 heteroatoms. The molecule has 0 aliphatic heterocycles. The Morgan fingerprint density at radius 3 is 2.76 bits per heavy atom. The summed E-state index contributed by atoms with van der Waals surface area (Å²) < 4.78 is 5.68. The Hall–Kier alpha value is -0.0900. The van der Waals surface area contributed by atoms with E-state index in [0.717, 1.165) is 23.5 Å². The van der Waals surface area contributed by atoms with E-state index in [1.807, 2.05) is 11.8 Å². The molecule has 1 rings (SSSR count). The summed E-state index contributed by atoms with van der Waals surface area (Å²) in [6.45, 7) is 3.18. The first-order valence-electron chi connectivity index (χ1n) is 5.57. The van der Waals surface area contributed by atoms with Crippen molar-refractivity contribution >= 4 is 35.0 Å². The summed E-state index contributed by atoms with van der Waals surface area (Å²) in [5.74, 6) is 2.90. The van der Waals surface area contributed by atoms with E-state index in [1.54, 1.807) is 12.1 Å². The van der Waals surface area contributed by atoms with Gasteiger partial charge in [-0.05, 0) is 30.1 Å². The van der Waals surface area contributed by atoms with Gasteiger partial charge >= 0.3 is 0 Å². The Morgan fingerprint density at radius 1 is 1.35 bits per heavy atom. The number of ether oxygens (including phenoxy) is 1. The zero-order valence-corrected chi connectivity index (χ0v) is 12.2. The standard InChI is InChI=1S/C12H17Cl2NOS/c1-2-17-5-3-4-16-12-9(8-15)6-10(13)7-11(12)14/h6-7H,2-5,8,15H2,1H3. The van der Waals surface area contributed by atoms with Crippen molar-refractivity contribution in [2.24, 2.45) is 5.73 Å². The Balaban J connectivity index is 2.57. The Kier molecular flexibility index (Phi) is 7.12. The van der Waals surface area contributed by atoms with Gasteiger partial charge in [-0.3, -0.25) is 0 Å². The molecule has 0 saturated heterocycles. The van der Waals surface area contributed by atoms with Crippen LogP contribution in [0.25, 0.3) is 0 Å². The van der Waals surface area contributed by atoms with Gasteiger partial charge in [-0.15, -0.1) is 0 Å².